The van der Waals surface area contributed by atoms with Gasteiger partial charge in [0.2, 0.25) is 0 Å². The second-order valence-corrected chi connectivity index (χ2v) is 24.1. The fourth-order valence-corrected chi connectivity index (χ4v) is 9.30. The molecule has 0 rings (SSSR count). The average molecular weight is 989 g/mol. The van der Waals surface area contributed by atoms with Gasteiger partial charge in [-0.2, -0.15) is 0 Å². The first kappa shape index (κ1) is 66.0. The lowest BCUT2D eigenvalue weighted by Crippen LogP contribution is -2.39. The maximum absolute atomic E-state index is 13.5. The molecule has 0 aliphatic rings. The summed E-state index contributed by atoms with van der Waals surface area (Å²) in [5.74, 6) is -2.04. The maximum Gasteiger partial charge on any atom is 0.331 e. The number of unbranched alkanes of at least 4 members (excludes halogenated alkanes) is 28. The highest BCUT2D eigenvalue weighted by Gasteiger charge is 2.41. The molecule has 0 heterocycles. The zero-order chi connectivity index (χ0) is 51.0. The van der Waals surface area contributed by atoms with E-state index in [-0.39, 0.29) is 57.8 Å². The summed E-state index contributed by atoms with van der Waals surface area (Å²) in [6, 6.07) is 0. The number of esters is 4. The highest BCUT2D eigenvalue weighted by molar-refractivity contribution is 7.52. The number of hydrogen-bond acceptors (Lipinski definition) is 10. The Kier molecular flexibility index (Phi) is 39.4. The van der Waals surface area contributed by atoms with Crippen molar-refractivity contribution in [3.63, 3.8) is 0 Å². The van der Waals surface area contributed by atoms with E-state index in [0.29, 0.717) is 17.4 Å². The average Bonchev–Trinajstić information content (AvgIpc) is 3.26. The van der Waals surface area contributed by atoms with Gasteiger partial charge in [0, 0.05) is 12.8 Å². The van der Waals surface area contributed by atoms with Gasteiger partial charge in [0.15, 0.2) is 6.10 Å². The predicted molar refractivity (Wildman–Crippen MR) is 278 cm³/mol. The molecular weight excluding hydrogens is 882 g/mol. The predicted octanol–water partition coefficient (Wildman–Crippen LogP) is 14.4. The lowest BCUT2D eigenvalue weighted by molar-refractivity contribution is -0.870. The van der Waals surface area contributed by atoms with Gasteiger partial charge in [-0.05, 0) is 47.0 Å². The third-order valence-corrected chi connectivity index (χ3v) is 14.1. The Bertz CT molecular complexity index is 1330. The first-order valence-corrected chi connectivity index (χ1v) is 29.5. The van der Waals surface area contributed by atoms with Crippen LogP contribution in [0.25, 0.3) is 0 Å². The largest absolute Gasteiger partial charge is 0.465 e. The van der Waals surface area contributed by atoms with Gasteiger partial charge in [-0.15, -0.1) is 0 Å². The monoisotopic (exact) mass is 989 g/mol. The quantitative estimate of drug-likeness (QED) is 0.0204. The highest BCUT2D eigenvalue weighted by atomic mass is 31.2. The zero-order valence-corrected chi connectivity index (χ0v) is 46.5. The second kappa shape index (κ2) is 40.6. The molecule has 0 spiro atoms. The summed E-state index contributed by atoms with van der Waals surface area (Å²) in [5, 5.41) is 0. The van der Waals surface area contributed by atoms with Crippen LogP contribution in [0.15, 0.2) is 0 Å². The summed E-state index contributed by atoms with van der Waals surface area (Å²) < 4.78 is 40.6. The van der Waals surface area contributed by atoms with Crippen LogP contribution in [-0.4, -0.2) is 99.6 Å². The fraction of sp³-hybridized carbons (Fsp3) is 0.927. The Morgan fingerprint density at radius 3 is 1.21 bits per heavy atom. The SMILES string of the molecule is CCCCCCCCCCCCCCCCCC(=O)OCC(COC(=O)C(C)(C)CC(C)(C)C(=O)OCCP(=O)(O)OCC[N+](C)(C)C)OC(=O)CCCCCCCCCCCCCCCCC. The summed E-state index contributed by atoms with van der Waals surface area (Å²) in [5.41, 5.74) is -2.30. The van der Waals surface area contributed by atoms with E-state index in [4.69, 9.17) is 23.5 Å². The Morgan fingerprint density at radius 1 is 0.485 bits per heavy atom. The van der Waals surface area contributed by atoms with Crippen molar-refractivity contribution in [3.8, 4) is 0 Å². The van der Waals surface area contributed by atoms with E-state index >= 15 is 0 Å². The van der Waals surface area contributed by atoms with Gasteiger partial charge < -0.3 is 32.8 Å². The van der Waals surface area contributed by atoms with Gasteiger partial charge in [0.1, 0.15) is 33.0 Å². The molecular formula is C55H107NO11P+. The number of carbonyl (C=O) groups excluding carboxylic acids is 4. The number of ether oxygens (including phenoxy) is 4. The van der Waals surface area contributed by atoms with Crippen molar-refractivity contribution in [1.82, 2.24) is 0 Å². The van der Waals surface area contributed by atoms with Gasteiger partial charge in [-0.3, -0.25) is 23.7 Å². The summed E-state index contributed by atoms with van der Waals surface area (Å²) in [7, 11) is 1.89. The lowest BCUT2D eigenvalue weighted by Gasteiger charge is -2.32. The minimum Gasteiger partial charge on any atom is -0.465 e. The van der Waals surface area contributed by atoms with Gasteiger partial charge in [-0.25, -0.2) is 0 Å². The molecule has 0 aliphatic heterocycles. The van der Waals surface area contributed by atoms with Crippen molar-refractivity contribution in [1.29, 1.82) is 0 Å². The van der Waals surface area contributed by atoms with Crippen molar-refractivity contribution in [3.05, 3.63) is 0 Å². The smallest absolute Gasteiger partial charge is 0.331 e. The summed E-state index contributed by atoms with van der Waals surface area (Å²) in [4.78, 5) is 62.6. The van der Waals surface area contributed by atoms with E-state index in [1.54, 1.807) is 27.7 Å². The number of nitrogens with zero attached hydrogens (tertiary/aromatic N) is 1. The summed E-state index contributed by atoms with van der Waals surface area (Å²) in [6.07, 6.45) is 36.2. The molecule has 0 aromatic rings. The Labute approximate surface area is 417 Å². The van der Waals surface area contributed by atoms with Crippen molar-refractivity contribution in [2.45, 2.75) is 260 Å². The number of rotatable bonds is 48. The number of likely N-dealkylation sites (N-methyl/N-ethyl adjacent to an activating group) is 1. The van der Waals surface area contributed by atoms with Crippen LogP contribution in [0.3, 0.4) is 0 Å². The minimum atomic E-state index is -3.95. The van der Waals surface area contributed by atoms with Crippen LogP contribution in [0, 0.1) is 10.8 Å². The molecule has 0 amide bonds. The molecule has 0 saturated heterocycles. The van der Waals surface area contributed by atoms with Crippen LogP contribution in [0.4, 0.5) is 0 Å². The number of quaternary nitrogens is 1. The number of carbonyl (C=O) groups is 4. The van der Waals surface area contributed by atoms with Crippen molar-refractivity contribution in [2.24, 2.45) is 10.8 Å². The van der Waals surface area contributed by atoms with Gasteiger partial charge in [0.25, 0.3) is 0 Å². The van der Waals surface area contributed by atoms with Crippen molar-refractivity contribution in [2.75, 3.05) is 60.3 Å². The fourth-order valence-electron chi connectivity index (χ4n) is 8.48. The summed E-state index contributed by atoms with van der Waals surface area (Å²) >= 11 is 0. The first-order chi connectivity index (χ1) is 32.2. The van der Waals surface area contributed by atoms with E-state index in [9.17, 15) is 28.6 Å². The van der Waals surface area contributed by atoms with E-state index in [2.05, 4.69) is 13.8 Å². The maximum atomic E-state index is 13.5. The van der Waals surface area contributed by atoms with Crippen LogP contribution >= 0.6 is 7.60 Å². The van der Waals surface area contributed by atoms with Crippen molar-refractivity contribution < 1.29 is 56.6 Å². The third-order valence-electron chi connectivity index (χ3n) is 12.7. The van der Waals surface area contributed by atoms with E-state index in [0.717, 1.165) is 38.5 Å². The molecule has 0 bridgehead atoms. The number of hydrogen-bond donors (Lipinski definition) is 1. The van der Waals surface area contributed by atoms with E-state index in [1.807, 2.05) is 21.1 Å². The molecule has 2 unspecified atom stereocenters. The van der Waals surface area contributed by atoms with Crippen LogP contribution in [0.5, 0.6) is 0 Å². The van der Waals surface area contributed by atoms with E-state index in [1.165, 1.54) is 148 Å². The molecule has 0 radical (unpaired) electrons. The molecule has 0 fully saturated rings. The Hall–Kier alpha value is -2.01. The molecule has 13 heteroatoms. The van der Waals surface area contributed by atoms with Gasteiger partial charge in [0.05, 0.1) is 38.1 Å². The van der Waals surface area contributed by atoms with Crippen LogP contribution < -0.4 is 0 Å². The second-order valence-electron chi connectivity index (χ2n) is 22.1. The molecule has 0 aromatic heterocycles. The molecule has 402 valence electrons. The Morgan fingerprint density at radius 2 is 0.824 bits per heavy atom. The van der Waals surface area contributed by atoms with Crippen LogP contribution in [0.1, 0.15) is 253 Å². The van der Waals surface area contributed by atoms with E-state index < -0.39 is 42.4 Å². The normalized spacial score (nSPS) is 13.5. The third kappa shape index (κ3) is 40.7. The van der Waals surface area contributed by atoms with Crippen LogP contribution in [-0.2, 0) is 47.2 Å². The summed E-state index contributed by atoms with van der Waals surface area (Å²) in [6.45, 7) is 10.9. The van der Waals surface area contributed by atoms with Gasteiger partial charge >= 0.3 is 31.5 Å². The molecule has 0 aromatic carbocycles. The topological polar surface area (TPSA) is 152 Å². The molecule has 1 N–H and O–H groups in total. The highest BCUT2D eigenvalue weighted by Crippen LogP contribution is 2.42. The Balaban J connectivity index is 4.94. The standard InChI is InChI=1S/C55H106NO11P/c1-10-12-14-16-18-20-22-24-26-28-30-32-34-36-38-40-50(57)64-46-49(67-51(58)41-39-37-35-33-31-29-27-25-23-21-19-17-15-13-11-2)47-65-53(60)55(5,6)48-54(3,4)52(59)63-44-45-68(61,62)66-43-42-56(7,8)9/h49H,10-48H2,1-9H3/p+1. The molecule has 0 saturated carbocycles. The molecule has 2 atom stereocenters. The van der Waals surface area contributed by atoms with Crippen molar-refractivity contribution >= 4 is 31.5 Å². The molecule has 68 heavy (non-hydrogen) atoms. The van der Waals surface area contributed by atoms with Gasteiger partial charge in [-0.1, -0.05) is 194 Å². The molecule has 12 nitrogen and oxygen atoms in total. The molecule has 0 aliphatic carbocycles. The van der Waals surface area contributed by atoms with Crippen LogP contribution in [0.2, 0.25) is 0 Å². The minimum absolute atomic E-state index is 0.0480. The zero-order valence-electron chi connectivity index (χ0n) is 45.6. The lowest BCUT2D eigenvalue weighted by atomic mass is 9.75. The first-order valence-electron chi connectivity index (χ1n) is 27.7.